The van der Waals surface area contributed by atoms with Gasteiger partial charge in [0.15, 0.2) is 0 Å². The van der Waals surface area contributed by atoms with Crippen molar-refractivity contribution in [3.05, 3.63) is 59.6 Å². The van der Waals surface area contributed by atoms with Gasteiger partial charge in [0, 0.05) is 32.3 Å². The van der Waals surface area contributed by atoms with E-state index in [0.717, 1.165) is 16.8 Å². The van der Waals surface area contributed by atoms with Crippen molar-refractivity contribution in [2.24, 2.45) is 13.0 Å². The zero-order valence-electron chi connectivity index (χ0n) is 20.8. The van der Waals surface area contributed by atoms with E-state index in [0.29, 0.717) is 11.5 Å². The summed E-state index contributed by atoms with van der Waals surface area (Å²) >= 11 is 0. The van der Waals surface area contributed by atoms with Crippen molar-refractivity contribution in [3.8, 4) is 11.3 Å². The number of hydrogen-bond acceptors (Lipinski definition) is 6. The van der Waals surface area contributed by atoms with E-state index in [1.165, 1.54) is 4.90 Å². The Bertz CT molecular complexity index is 1180. The number of benzene rings is 1. The van der Waals surface area contributed by atoms with Gasteiger partial charge in [-0.3, -0.25) is 14.3 Å². The fourth-order valence-corrected chi connectivity index (χ4v) is 4.74. The van der Waals surface area contributed by atoms with Crippen molar-refractivity contribution < 1.29 is 19.2 Å². The number of carbonyl (C=O) groups is 2. The molecule has 4 rings (SSSR count). The van der Waals surface area contributed by atoms with Crippen LogP contribution in [0.3, 0.4) is 0 Å². The molecule has 2 amide bonds. The van der Waals surface area contributed by atoms with E-state index in [-0.39, 0.29) is 36.7 Å². The molecule has 3 aromatic rings. The molecule has 1 aliphatic rings. The molecule has 2 aromatic heterocycles. The SMILES string of the molecule is Cc1cc([C@@H](C(=O)N2C[C@H](O)C[C@H]2C(=O)N[C@@H](C)c2ccc(-c3ccnn3C)cc2)C(C)C)on1. The van der Waals surface area contributed by atoms with E-state index in [2.05, 4.69) is 15.6 Å². The van der Waals surface area contributed by atoms with E-state index in [9.17, 15) is 14.7 Å². The number of hydrogen-bond donors (Lipinski definition) is 2. The number of amides is 2. The van der Waals surface area contributed by atoms with Gasteiger partial charge >= 0.3 is 0 Å². The Balaban J connectivity index is 1.47. The molecular weight excluding hydrogens is 446 g/mol. The molecule has 4 atom stereocenters. The van der Waals surface area contributed by atoms with E-state index in [1.807, 2.05) is 62.8 Å². The van der Waals surface area contributed by atoms with Crippen LogP contribution in [0.4, 0.5) is 0 Å². The van der Waals surface area contributed by atoms with Crippen LogP contribution in [0, 0.1) is 12.8 Å². The lowest BCUT2D eigenvalue weighted by Crippen LogP contribution is -2.48. The van der Waals surface area contributed by atoms with Gasteiger partial charge in [0.2, 0.25) is 11.8 Å². The number of aryl methyl sites for hydroxylation is 2. The van der Waals surface area contributed by atoms with Crippen LogP contribution in [0.1, 0.15) is 56.2 Å². The summed E-state index contributed by atoms with van der Waals surface area (Å²) in [4.78, 5) is 28.3. The van der Waals surface area contributed by atoms with Crippen molar-refractivity contribution in [2.45, 2.75) is 58.2 Å². The van der Waals surface area contributed by atoms with Crippen molar-refractivity contribution >= 4 is 11.8 Å². The highest BCUT2D eigenvalue weighted by atomic mass is 16.5. The topological polar surface area (TPSA) is 113 Å². The molecule has 0 radical (unpaired) electrons. The van der Waals surface area contributed by atoms with E-state index in [4.69, 9.17) is 4.52 Å². The van der Waals surface area contributed by atoms with Gasteiger partial charge in [-0.15, -0.1) is 0 Å². The molecular formula is C26H33N5O4. The molecule has 0 saturated carbocycles. The molecule has 0 aliphatic carbocycles. The van der Waals surface area contributed by atoms with Crippen LogP contribution < -0.4 is 5.32 Å². The Kier molecular flexibility index (Phi) is 7.07. The fraction of sp³-hybridized carbons (Fsp3) is 0.462. The predicted octanol–water partition coefficient (Wildman–Crippen LogP) is 2.96. The molecule has 1 aromatic carbocycles. The molecule has 1 aliphatic heterocycles. The minimum Gasteiger partial charge on any atom is -0.391 e. The Morgan fingerprint density at radius 2 is 1.89 bits per heavy atom. The third kappa shape index (κ3) is 5.14. The maximum atomic E-state index is 13.5. The van der Waals surface area contributed by atoms with E-state index < -0.39 is 18.1 Å². The molecule has 35 heavy (non-hydrogen) atoms. The number of nitrogens with zero attached hydrogens (tertiary/aromatic N) is 4. The van der Waals surface area contributed by atoms with Crippen molar-refractivity contribution in [1.29, 1.82) is 0 Å². The zero-order valence-corrected chi connectivity index (χ0v) is 20.8. The van der Waals surface area contributed by atoms with Gasteiger partial charge in [0.1, 0.15) is 17.7 Å². The quantitative estimate of drug-likeness (QED) is 0.539. The Labute approximate surface area is 205 Å². The standard InChI is InChI=1S/C26H33N5O4/c1-15(2)24(23-12-16(3)29-35-23)26(34)31-14-20(32)13-22(31)25(33)28-17(4)18-6-8-19(9-7-18)21-10-11-27-30(21)5/h6-12,15,17,20,22,24,32H,13-14H2,1-5H3,(H,28,33)/t17-,20+,22-,24-/m0/s1. The first-order valence-electron chi connectivity index (χ1n) is 12.0. The Morgan fingerprint density at radius 3 is 2.46 bits per heavy atom. The van der Waals surface area contributed by atoms with Crippen LogP contribution in [0.15, 0.2) is 47.1 Å². The fourth-order valence-electron chi connectivity index (χ4n) is 4.74. The lowest BCUT2D eigenvalue weighted by Gasteiger charge is -2.29. The molecule has 0 spiro atoms. The third-order valence-corrected chi connectivity index (χ3v) is 6.64. The number of aliphatic hydroxyl groups is 1. The van der Waals surface area contributed by atoms with Gasteiger partial charge in [0.25, 0.3) is 0 Å². The second kappa shape index (κ2) is 10.0. The Hall–Kier alpha value is -3.46. The highest BCUT2D eigenvalue weighted by Gasteiger charge is 2.43. The summed E-state index contributed by atoms with van der Waals surface area (Å²) in [6.07, 6.45) is 1.19. The maximum Gasteiger partial charge on any atom is 0.243 e. The number of carbonyl (C=O) groups excluding carboxylic acids is 2. The summed E-state index contributed by atoms with van der Waals surface area (Å²) in [6.45, 7) is 7.68. The summed E-state index contributed by atoms with van der Waals surface area (Å²) < 4.78 is 7.20. The highest BCUT2D eigenvalue weighted by molar-refractivity contribution is 5.91. The minimum absolute atomic E-state index is 0.0619. The van der Waals surface area contributed by atoms with Crippen molar-refractivity contribution in [1.82, 2.24) is 25.2 Å². The van der Waals surface area contributed by atoms with Crippen LogP contribution in [-0.4, -0.2) is 55.4 Å². The van der Waals surface area contributed by atoms with Gasteiger partial charge in [0.05, 0.1) is 23.5 Å². The van der Waals surface area contributed by atoms with Crippen LogP contribution in [0.2, 0.25) is 0 Å². The normalized spacial score (nSPS) is 19.7. The molecule has 0 bridgehead atoms. The monoisotopic (exact) mass is 479 g/mol. The molecule has 2 N–H and O–H groups in total. The summed E-state index contributed by atoms with van der Waals surface area (Å²) in [6, 6.07) is 10.6. The number of likely N-dealkylation sites (tertiary alicyclic amines) is 1. The van der Waals surface area contributed by atoms with Crippen LogP contribution in [0.25, 0.3) is 11.3 Å². The van der Waals surface area contributed by atoms with Crippen LogP contribution in [-0.2, 0) is 16.6 Å². The van der Waals surface area contributed by atoms with Gasteiger partial charge < -0.3 is 19.8 Å². The predicted molar refractivity (Wildman–Crippen MR) is 130 cm³/mol. The molecule has 9 nitrogen and oxygen atoms in total. The zero-order chi connectivity index (χ0) is 25.3. The van der Waals surface area contributed by atoms with Crippen molar-refractivity contribution in [3.63, 3.8) is 0 Å². The van der Waals surface area contributed by atoms with Crippen LogP contribution in [0.5, 0.6) is 0 Å². The summed E-state index contributed by atoms with van der Waals surface area (Å²) in [5, 5.41) is 21.5. The number of rotatable bonds is 7. The minimum atomic E-state index is -0.757. The summed E-state index contributed by atoms with van der Waals surface area (Å²) in [5.41, 5.74) is 3.67. The van der Waals surface area contributed by atoms with Gasteiger partial charge in [-0.1, -0.05) is 43.3 Å². The first-order valence-corrected chi connectivity index (χ1v) is 12.0. The lowest BCUT2D eigenvalue weighted by atomic mass is 9.91. The van der Waals surface area contributed by atoms with E-state index >= 15 is 0 Å². The molecule has 1 saturated heterocycles. The summed E-state index contributed by atoms with van der Waals surface area (Å²) in [7, 11) is 1.89. The second-order valence-electron chi connectivity index (χ2n) is 9.68. The Morgan fingerprint density at radius 1 is 1.17 bits per heavy atom. The number of nitrogens with one attached hydrogen (secondary N) is 1. The van der Waals surface area contributed by atoms with E-state index in [1.54, 1.807) is 19.2 Å². The first-order chi connectivity index (χ1) is 16.7. The maximum absolute atomic E-state index is 13.5. The number of β-amino-alcohol motifs (C(OH)–C–C–N with tert-alkyl or cyclic N) is 1. The molecule has 3 heterocycles. The van der Waals surface area contributed by atoms with Gasteiger partial charge in [-0.25, -0.2) is 0 Å². The van der Waals surface area contributed by atoms with Gasteiger partial charge in [-0.05, 0) is 37.0 Å². The lowest BCUT2D eigenvalue weighted by molar-refractivity contribution is -0.141. The molecule has 9 heteroatoms. The third-order valence-electron chi connectivity index (χ3n) is 6.64. The number of aromatic nitrogens is 3. The molecule has 0 unspecified atom stereocenters. The number of aliphatic hydroxyl groups excluding tert-OH is 1. The smallest absolute Gasteiger partial charge is 0.243 e. The van der Waals surface area contributed by atoms with Crippen LogP contribution >= 0.6 is 0 Å². The second-order valence-corrected chi connectivity index (χ2v) is 9.68. The average Bonchev–Trinajstić information content (AvgIpc) is 3.53. The summed E-state index contributed by atoms with van der Waals surface area (Å²) in [5.74, 6) is -0.678. The largest absolute Gasteiger partial charge is 0.391 e. The van der Waals surface area contributed by atoms with Crippen molar-refractivity contribution in [2.75, 3.05) is 6.54 Å². The van der Waals surface area contributed by atoms with Gasteiger partial charge in [-0.2, -0.15) is 5.10 Å². The molecule has 1 fully saturated rings. The molecule has 186 valence electrons. The first kappa shape index (κ1) is 24.7. The average molecular weight is 480 g/mol. The highest BCUT2D eigenvalue weighted by Crippen LogP contribution is 2.31.